The van der Waals surface area contributed by atoms with Crippen molar-refractivity contribution in [1.29, 1.82) is 0 Å². The molecule has 4 heterocycles. The van der Waals surface area contributed by atoms with E-state index in [-0.39, 0.29) is 47.8 Å². The molecule has 0 saturated carbocycles. The summed E-state index contributed by atoms with van der Waals surface area (Å²) >= 11 is 0. The van der Waals surface area contributed by atoms with Crippen LogP contribution in [0, 0.1) is 44.4 Å². The number of esters is 2. The van der Waals surface area contributed by atoms with Gasteiger partial charge in [0, 0.05) is 12.0 Å². The van der Waals surface area contributed by atoms with Gasteiger partial charge in [-0.1, -0.05) is 144 Å². The van der Waals surface area contributed by atoms with Crippen molar-refractivity contribution in [3.8, 4) is 0 Å². The molecule has 0 radical (unpaired) electrons. The Hall–Kier alpha value is -4.28. The van der Waals surface area contributed by atoms with Gasteiger partial charge in [0.1, 0.15) is 12.5 Å². The number of methoxy groups -OCH3 is 1. The molecule has 0 unspecified atom stereocenters. The minimum Gasteiger partial charge on any atom is -0.667 e. The molecule has 63 heavy (non-hydrogen) atoms. The Morgan fingerprint density at radius 2 is 1.49 bits per heavy atom. The van der Waals surface area contributed by atoms with E-state index in [9.17, 15) is 14.4 Å². The largest absolute Gasteiger partial charge is 2.00 e. The first kappa shape index (κ1) is 51.4. The molecule has 6 bridgehead atoms. The number of carbonyl (C=O) groups excluding carboxylic acids is 3. The predicted molar refractivity (Wildman–Crippen MR) is 258 cm³/mol. The zero-order valence-electron chi connectivity index (χ0n) is 39.9. The summed E-state index contributed by atoms with van der Waals surface area (Å²) < 4.78 is 10.8. The molecule has 0 N–H and O–H groups in total. The Balaban J connectivity index is 0.00000871. The summed E-state index contributed by atoms with van der Waals surface area (Å²) in [5, 5.41) is 6.47. The summed E-state index contributed by atoms with van der Waals surface area (Å²) in [7, 11) is 1.28. The zero-order valence-corrected chi connectivity index (χ0v) is 41.3. The van der Waals surface area contributed by atoms with Gasteiger partial charge < -0.3 is 29.7 Å². The fraction of sp³-hybridized carbons (Fsp3) is 0.528. The molecular weight excluding hydrogens is 797 g/mol. The van der Waals surface area contributed by atoms with Gasteiger partial charge in [0.15, 0.2) is 5.78 Å². The van der Waals surface area contributed by atoms with Crippen LogP contribution in [-0.2, 0) is 25.5 Å². The van der Waals surface area contributed by atoms with E-state index in [2.05, 4.69) is 55.0 Å². The number of aromatic nitrogens is 3. The number of Topliss-reactive ketones (excluding diaryl/α,β-unsaturated/α-hetero) is 1. The van der Waals surface area contributed by atoms with Crippen molar-refractivity contribution < 1.29 is 23.9 Å². The van der Waals surface area contributed by atoms with Crippen molar-refractivity contribution in [2.45, 2.75) is 146 Å². The molecule has 3 aromatic rings. The van der Waals surface area contributed by atoms with Crippen LogP contribution in [-0.4, -0.2) is 54.5 Å². The Bertz CT molecular complexity index is 2310. The first-order valence-corrected chi connectivity index (χ1v) is 23.0. The molecular formula is C53H70MgN4O5-2. The predicted octanol–water partition coefficient (Wildman–Crippen LogP) is 10.1. The van der Waals surface area contributed by atoms with Gasteiger partial charge in [-0.2, -0.15) is 11.9 Å². The summed E-state index contributed by atoms with van der Waals surface area (Å²) in [6.45, 7) is 23.8. The Labute approximate surface area is 393 Å². The van der Waals surface area contributed by atoms with Crippen LogP contribution in [0.3, 0.4) is 0 Å². The maximum atomic E-state index is 14.2. The second-order valence-corrected chi connectivity index (χ2v) is 18.2. The summed E-state index contributed by atoms with van der Waals surface area (Å²) in [4.78, 5) is 55.5. The Morgan fingerprint density at radius 3 is 2.14 bits per heavy atom. The van der Waals surface area contributed by atoms with Crippen LogP contribution < -0.4 is 25.7 Å². The fourth-order valence-corrected chi connectivity index (χ4v) is 9.01. The van der Waals surface area contributed by atoms with Crippen LogP contribution in [0.5, 0.6) is 0 Å². The van der Waals surface area contributed by atoms with Crippen molar-refractivity contribution >= 4 is 70.7 Å². The molecule has 0 amide bonds. The molecule has 1 aliphatic heterocycles. The minimum atomic E-state index is -1.23. The summed E-state index contributed by atoms with van der Waals surface area (Å²) in [5.74, 6) is -0.258. The van der Waals surface area contributed by atoms with Crippen molar-refractivity contribution in [3.63, 3.8) is 0 Å². The standard InChI is InChI=1S/C53H71N4O5.Mg/c1-12-39-36(8)41-26-28-54-42(24-17-25-47(58)62-29-27-35(7)23-16-22-34(6)21-15-20-33(5)19-14-18-32(3)4)49-50(53(60)61-11)52(59)48-38(10)44(57-51(48)49)31-46-40(13-2)37(9)43(56-46)30-45(39)55-41;/h12,26-28,30-34,50H,1,13-25,29H2,2-11H3,(H-,54,57,59);/q-3;+2/p-1/b28-26-,35-27+,43-30-,46-31-;/t33-,34-,50-;/m1./s1. The van der Waals surface area contributed by atoms with E-state index in [0.29, 0.717) is 58.2 Å². The topological polar surface area (TPSA) is 126 Å². The quantitative estimate of drug-likeness (QED) is 0.0448. The number of hydrogen-bond acceptors (Lipinski definition) is 5. The van der Waals surface area contributed by atoms with Crippen molar-refractivity contribution in [3.05, 3.63) is 102 Å². The first-order chi connectivity index (χ1) is 29.7. The third kappa shape index (κ3) is 12.9. The second kappa shape index (κ2) is 24.1. The van der Waals surface area contributed by atoms with Gasteiger partial charge in [-0.05, 0) is 89.2 Å². The summed E-state index contributed by atoms with van der Waals surface area (Å²) in [6, 6.07) is 0. The van der Waals surface area contributed by atoms with E-state index in [1.54, 1.807) is 12.3 Å². The van der Waals surface area contributed by atoms with Gasteiger partial charge in [0.2, 0.25) is 0 Å². The number of ether oxygens (including phenoxy) is 2. The number of hydrogen-bond donors (Lipinski definition) is 0. The van der Waals surface area contributed by atoms with E-state index in [1.165, 1.54) is 57.6 Å². The number of fused-ring (bicyclic) bond motifs is 5. The van der Waals surface area contributed by atoms with Gasteiger partial charge in [0.05, 0.1) is 7.11 Å². The Morgan fingerprint density at radius 1 is 0.825 bits per heavy atom. The second-order valence-electron chi connectivity index (χ2n) is 18.2. The summed E-state index contributed by atoms with van der Waals surface area (Å²) in [5.41, 5.74) is 9.65. The van der Waals surface area contributed by atoms with Gasteiger partial charge in [0.25, 0.3) is 0 Å². The molecule has 0 saturated heterocycles. The van der Waals surface area contributed by atoms with E-state index in [4.69, 9.17) is 29.7 Å². The molecule has 0 spiro atoms. The van der Waals surface area contributed by atoms with E-state index < -0.39 is 11.9 Å². The van der Waals surface area contributed by atoms with Crippen molar-refractivity contribution in [2.75, 3.05) is 13.7 Å². The maximum absolute atomic E-state index is 14.2. The average molecular weight is 867 g/mol. The molecule has 1 aliphatic carbocycles. The fourth-order valence-electron chi connectivity index (χ4n) is 9.01. The number of allylic oxidation sites excluding steroid dienone is 2. The van der Waals surface area contributed by atoms with Crippen LogP contribution in [0.25, 0.3) is 35.2 Å². The Kier molecular flexibility index (Phi) is 19.7. The van der Waals surface area contributed by atoms with Gasteiger partial charge in [-0.3, -0.25) is 14.4 Å². The van der Waals surface area contributed by atoms with E-state index >= 15 is 0 Å². The van der Waals surface area contributed by atoms with Gasteiger partial charge in [-0.25, -0.2) is 0 Å². The molecule has 2 aliphatic rings. The van der Waals surface area contributed by atoms with Gasteiger partial charge in [-0.15, -0.1) is 33.5 Å². The van der Waals surface area contributed by atoms with Crippen LogP contribution in [0.1, 0.15) is 180 Å². The molecule has 9 nitrogen and oxygen atoms in total. The SMILES string of the molecule is C=Cc1c2[n-]c(c1C)/C=C\[N-]/C(CCCC(=O)OC/C=C(\C)CCC[C@H](C)CCC[C@H](C)CCCC(C)C)=C1\c3[n-]c(c(C)c3C(=O)[C@@H]1C(=O)OC)/C=c1\[n-]/c(c(C)c1CC)=C\2.[Mg+2]. The normalized spacial score (nSPS) is 18.4. The number of ketones is 1. The molecule has 0 fully saturated rings. The molecule has 3 aromatic heterocycles. The molecule has 5 rings (SSSR count). The zero-order chi connectivity index (χ0) is 45.1. The third-order valence-corrected chi connectivity index (χ3v) is 12.9. The van der Waals surface area contributed by atoms with E-state index in [1.807, 2.05) is 38.2 Å². The van der Waals surface area contributed by atoms with Crippen molar-refractivity contribution in [1.82, 2.24) is 15.0 Å². The maximum Gasteiger partial charge on any atom is 2.00 e. The summed E-state index contributed by atoms with van der Waals surface area (Å²) in [6.07, 6.45) is 24.0. The molecule has 10 heteroatoms. The minimum absolute atomic E-state index is 0. The van der Waals surface area contributed by atoms with Crippen LogP contribution in [0.2, 0.25) is 0 Å². The number of carbonyl (C=O) groups is 3. The van der Waals surface area contributed by atoms with Crippen LogP contribution in [0.4, 0.5) is 0 Å². The smallest absolute Gasteiger partial charge is 0.667 e. The average Bonchev–Trinajstić information content (AvgIpc) is 3.90. The van der Waals surface area contributed by atoms with Gasteiger partial charge >= 0.3 is 35.0 Å². The molecule has 336 valence electrons. The number of rotatable bonds is 21. The molecule has 0 aromatic carbocycles. The third-order valence-electron chi connectivity index (χ3n) is 12.9. The van der Waals surface area contributed by atoms with E-state index in [0.717, 1.165) is 69.7 Å². The van der Waals surface area contributed by atoms with Crippen molar-refractivity contribution in [2.24, 2.45) is 23.7 Å². The first-order valence-electron chi connectivity index (χ1n) is 23.0. The number of nitrogens with zero attached hydrogens (tertiary/aromatic N) is 4. The van der Waals surface area contributed by atoms with Crippen LogP contribution >= 0.6 is 0 Å². The van der Waals surface area contributed by atoms with Crippen LogP contribution in [0.15, 0.2) is 30.1 Å². The molecule has 3 atom stereocenters. The monoisotopic (exact) mass is 867 g/mol.